The summed E-state index contributed by atoms with van der Waals surface area (Å²) in [6.45, 7) is 1.43. The number of hydrogen-bond acceptors (Lipinski definition) is 2. The molecular weight excluding hydrogens is 209 g/mol. The highest BCUT2D eigenvalue weighted by atomic mass is 19.4. The molecule has 1 aromatic rings. The number of aliphatic imine (C=N–C) groups is 1. The van der Waals surface area contributed by atoms with Gasteiger partial charge in [0.2, 0.25) is 0 Å². The Morgan fingerprint density at radius 1 is 1.40 bits per heavy atom. The van der Waals surface area contributed by atoms with E-state index in [4.69, 9.17) is 5.21 Å². The molecule has 6 heteroatoms. The first kappa shape index (κ1) is 11.5. The van der Waals surface area contributed by atoms with Crippen LogP contribution in [0.15, 0.2) is 29.3 Å². The number of nitrogens with one attached hydrogen (secondary N) is 1. The van der Waals surface area contributed by atoms with Crippen molar-refractivity contribution in [1.82, 2.24) is 5.48 Å². The Bertz CT molecular complexity index is 374. The number of hydrogen-bond donors (Lipinski definition) is 2. The van der Waals surface area contributed by atoms with Gasteiger partial charge >= 0.3 is 6.18 Å². The molecule has 0 aliphatic carbocycles. The molecule has 3 nitrogen and oxygen atoms in total. The molecule has 0 unspecified atom stereocenters. The Hall–Kier alpha value is -1.56. The lowest BCUT2D eigenvalue weighted by molar-refractivity contribution is -0.137. The van der Waals surface area contributed by atoms with Crippen molar-refractivity contribution in [3.63, 3.8) is 0 Å². The Morgan fingerprint density at radius 2 is 2.07 bits per heavy atom. The highest BCUT2D eigenvalue weighted by molar-refractivity contribution is 5.81. The molecule has 15 heavy (non-hydrogen) atoms. The van der Waals surface area contributed by atoms with Crippen molar-refractivity contribution in [2.45, 2.75) is 13.1 Å². The number of amidine groups is 1. The first-order valence-corrected chi connectivity index (χ1v) is 4.06. The van der Waals surface area contributed by atoms with Crippen molar-refractivity contribution in [3.8, 4) is 0 Å². The van der Waals surface area contributed by atoms with Gasteiger partial charge in [0, 0.05) is 0 Å². The highest BCUT2D eigenvalue weighted by Crippen LogP contribution is 2.31. The van der Waals surface area contributed by atoms with Gasteiger partial charge in [-0.2, -0.15) is 13.2 Å². The predicted octanol–water partition coefficient (Wildman–Crippen LogP) is 2.73. The van der Waals surface area contributed by atoms with Crippen LogP contribution in [0.5, 0.6) is 0 Å². The maximum atomic E-state index is 12.3. The van der Waals surface area contributed by atoms with Crippen molar-refractivity contribution < 1.29 is 18.4 Å². The summed E-state index contributed by atoms with van der Waals surface area (Å²) in [5.74, 6) is 0.120. The number of benzene rings is 1. The molecule has 1 rings (SSSR count). The summed E-state index contributed by atoms with van der Waals surface area (Å²) in [4.78, 5) is 3.71. The maximum absolute atomic E-state index is 12.3. The summed E-state index contributed by atoms with van der Waals surface area (Å²) < 4.78 is 36.8. The molecule has 0 aliphatic rings. The van der Waals surface area contributed by atoms with Gasteiger partial charge in [-0.15, -0.1) is 0 Å². The van der Waals surface area contributed by atoms with Crippen LogP contribution < -0.4 is 5.48 Å². The van der Waals surface area contributed by atoms with Crippen molar-refractivity contribution in [2.75, 3.05) is 0 Å². The molecule has 0 aromatic heterocycles. The Kier molecular flexibility index (Phi) is 3.31. The molecule has 2 N–H and O–H groups in total. The second-order valence-electron chi connectivity index (χ2n) is 2.86. The summed E-state index contributed by atoms with van der Waals surface area (Å²) in [6, 6.07) is 4.53. The smallest absolute Gasteiger partial charge is 0.290 e. The van der Waals surface area contributed by atoms with Gasteiger partial charge in [0.05, 0.1) is 11.3 Å². The minimum absolute atomic E-state index is 0.120. The first-order chi connectivity index (χ1) is 6.93. The van der Waals surface area contributed by atoms with Crippen LogP contribution in [0.3, 0.4) is 0 Å². The van der Waals surface area contributed by atoms with Crippen molar-refractivity contribution >= 4 is 11.5 Å². The molecule has 0 saturated carbocycles. The monoisotopic (exact) mass is 218 g/mol. The lowest BCUT2D eigenvalue weighted by Crippen LogP contribution is -2.13. The van der Waals surface area contributed by atoms with Crippen LogP contribution in [0.25, 0.3) is 0 Å². The molecule has 0 spiro atoms. The SMILES string of the molecule is CC(=Nc1cccc(C(F)(F)F)c1)NO. The van der Waals surface area contributed by atoms with Crippen LogP contribution in [0.1, 0.15) is 12.5 Å². The highest BCUT2D eigenvalue weighted by Gasteiger charge is 2.30. The zero-order valence-electron chi connectivity index (χ0n) is 7.84. The number of nitrogens with zero attached hydrogens (tertiary/aromatic N) is 1. The first-order valence-electron chi connectivity index (χ1n) is 4.06. The van der Waals surface area contributed by atoms with E-state index in [0.29, 0.717) is 0 Å². The van der Waals surface area contributed by atoms with Crippen LogP contribution in [0.2, 0.25) is 0 Å². The van der Waals surface area contributed by atoms with Gasteiger partial charge in [-0.25, -0.2) is 4.99 Å². The van der Waals surface area contributed by atoms with Crippen molar-refractivity contribution in [3.05, 3.63) is 29.8 Å². The summed E-state index contributed by atoms with van der Waals surface area (Å²) in [5.41, 5.74) is 1.10. The summed E-state index contributed by atoms with van der Waals surface area (Å²) in [5, 5.41) is 8.42. The van der Waals surface area contributed by atoms with Crippen molar-refractivity contribution in [1.29, 1.82) is 0 Å². The maximum Gasteiger partial charge on any atom is 0.416 e. The third-order valence-electron chi connectivity index (χ3n) is 1.63. The lowest BCUT2D eigenvalue weighted by Gasteiger charge is -2.06. The summed E-state index contributed by atoms with van der Waals surface area (Å²) in [7, 11) is 0. The van der Waals surface area contributed by atoms with E-state index in [0.717, 1.165) is 12.1 Å². The minimum atomic E-state index is -4.38. The van der Waals surface area contributed by atoms with E-state index in [1.165, 1.54) is 19.1 Å². The van der Waals surface area contributed by atoms with E-state index in [-0.39, 0.29) is 11.5 Å². The zero-order chi connectivity index (χ0) is 11.5. The normalized spacial score (nSPS) is 12.7. The van der Waals surface area contributed by atoms with Gasteiger partial charge in [0.25, 0.3) is 0 Å². The van der Waals surface area contributed by atoms with Crippen LogP contribution in [0, 0.1) is 0 Å². The van der Waals surface area contributed by atoms with E-state index in [2.05, 4.69) is 4.99 Å². The zero-order valence-corrected chi connectivity index (χ0v) is 7.84. The topological polar surface area (TPSA) is 44.6 Å². The Balaban J connectivity index is 3.04. The fourth-order valence-corrected chi connectivity index (χ4v) is 0.970. The standard InChI is InChI=1S/C9H9F3N2O/c1-6(14-15)13-8-4-2-3-7(5-8)9(10,11)12/h2-5,15H,1H3,(H,13,14). The van der Waals surface area contributed by atoms with Gasteiger partial charge in [-0.1, -0.05) is 6.07 Å². The van der Waals surface area contributed by atoms with E-state index in [9.17, 15) is 13.2 Å². The average Bonchev–Trinajstić information content (AvgIpc) is 2.17. The summed E-state index contributed by atoms with van der Waals surface area (Å²) >= 11 is 0. The number of alkyl halides is 3. The number of hydroxylamine groups is 1. The molecular formula is C9H9F3N2O. The number of halogens is 3. The largest absolute Gasteiger partial charge is 0.416 e. The van der Waals surface area contributed by atoms with Gasteiger partial charge in [-0.3, -0.25) is 10.7 Å². The molecule has 0 heterocycles. The van der Waals surface area contributed by atoms with Gasteiger partial charge < -0.3 is 0 Å². The van der Waals surface area contributed by atoms with Crippen LogP contribution in [-0.2, 0) is 6.18 Å². The third kappa shape index (κ3) is 3.25. The fourth-order valence-electron chi connectivity index (χ4n) is 0.970. The quantitative estimate of drug-likeness (QED) is 0.432. The van der Waals surface area contributed by atoms with Crippen LogP contribution in [0.4, 0.5) is 18.9 Å². The number of rotatable bonds is 1. The van der Waals surface area contributed by atoms with E-state index in [1.54, 1.807) is 5.48 Å². The molecule has 0 bridgehead atoms. The minimum Gasteiger partial charge on any atom is -0.290 e. The van der Waals surface area contributed by atoms with Gasteiger partial charge in [0.1, 0.15) is 5.84 Å². The van der Waals surface area contributed by atoms with Crippen LogP contribution >= 0.6 is 0 Å². The molecule has 0 aliphatic heterocycles. The van der Waals surface area contributed by atoms with Gasteiger partial charge in [0.15, 0.2) is 0 Å². The molecule has 1 aromatic carbocycles. The third-order valence-corrected chi connectivity index (χ3v) is 1.63. The fraction of sp³-hybridized carbons (Fsp3) is 0.222. The molecule has 0 atom stereocenters. The second-order valence-corrected chi connectivity index (χ2v) is 2.86. The molecule has 0 fully saturated rings. The van der Waals surface area contributed by atoms with Crippen molar-refractivity contribution in [2.24, 2.45) is 4.99 Å². The average molecular weight is 218 g/mol. The molecule has 0 saturated heterocycles. The van der Waals surface area contributed by atoms with Crippen LogP contribution in [-0.4, -0.2) is 11.0 Å². The molecule has 82 valence electrons. The Labute approximate surface area is 84.2 Å². The van der Waals surface area contributed by atoms with E-state index < -0.39 is 11.7 Å². The molecule has 0 radical (unpaired) electrons. The predicted molar refractivity (Wildman–Crippen MR) is 49.1 cm³/mol. The van der Waals surface area contributed by atoms with E-state index in [1.807, 2.05) is 0 Å². The molecule has 0 amide bonds. The second kappa shape index (κ2) is 4.31. The Morgan fingerprint density at radius 3 is 2.60 bits per heavy atom. The van der Waals surface area contributed by atoms with Gasteiger partial charge in [-0.05, 0) is 25.1 Å². The summed E-state index contributed by atoms with van der Waals surface area (Å²) in [6.07, 6.45) is -4.38. The lowest BCUT2D eigenvalue weighted by atomic mass is 10.2. The van der Waals surface area contributed by atoms with E-state index >= 15 is 0 Å².